The molecule has 3 aromatic rings. The predicted molar refractivity (Wildman–Crippen MR) is 139 cm³/mol. The standard InChI is InChI=1S/C28H31FN6O/c29-22-7-3-5-20(17-22)12-14-32-27-25(28(36)33-19-23-8-4-15-35(23)16-13-30)10-11-26(34-27)24-9-2-1-6-21(24)18-31/h1-3,5-7,9-11,17,23H,4,8,12-16,19,30H2,(H,32,34)(H,33,36). The molecule has 0 radical (unpaired) electrons. The van der Waals surface area contributed by atoms with Crippen LogP contribution in [0.4, 0.5) is 10.2 Å². The second kappa shape index (κ2) is 12.2. The van der Waals surface area contributed by atoms with Crippen LogP contribution in [-0.2, 0) is 6.42 Å². The van der Waals surface area contributed by atoms with Crippen molar-refractivity contribution >= 4 is 11.7 Å². The summed E-state index contributed by atoms with van der Waals surface area (Å²) in [4.78, 5) is 20.2. The zero-order valence-corrected chi connectivity index (χ0v) is 20.2. The first-order valence-electron chi connectivity index (χ1n) is 12.3. The van der Waals surface area contributed by atoms with Gasteiger partial charge in [0, 0.05) is 37.8 Å². The Hall–Kier alpha value is -3.80. The first kappa shape index (κ1) is 25.3. The molecule has 0 spiro atoms. The van der Waals surface area contributed by atoms with Gasteiger partial charge in [0.05, 0.1) is 22.9 Å². The number of nitrogens with two attached hydrogens (primary N) is 1. The molecule has 36 heavy (non-hydrogen) atoms. The van der Waals surface area contributed by atoms with Crippen molar-refractivity contribution in [2.24, 2.45) is 5.73 Å². The Balaban J connectivity index is 1.54. The van der Waals surface area contributed by atoms with Crippen LogP contribution in [0.25, 0.3) is 11.3 Å². The summed E-state index contributed by atoms with van der Waals surface area (Å²) >= 11 is 0. The first-order chi connectivity index (χ1) is 17.6. The zero-order chi connectivity index (χ0) is 25.3. The van der Waals surface area contributed by atoms with E-state index < -0.39 is 0 Å². The van der Waals surface area contributed by atoms with E-state index in [0.29, 0.717) is 54.3 Å². The van der Waals surface area contributed by atoms with Gasteiger partial charge in [0.15, 0.2) is 0 Å². The lowest BCUT2D eigenvalue weighted by atomic mass is 10.0. The number of hydrogen-bond acceptors (Lipinski definition) is 6. The van der Waals surface area contributed by atoms with Gasteiger partial charge in [-0.25, -0.2) is 9.37 Å². The molecule has 1 aromatic heterocycles. The number of hydrogen-bond donors (Lipinski definition) is 3. The van der Waals surface area contributed by atoms with Gasteiger partial charge in [0.2, 0.25) is 0 Å². The van der Waals surface area contributed by atoms with E-state index in [9.17, 15) is 14.4 Å². The SMILES string of the molecule is N#Cc1ccccc1-c1ccc(C(=O)NCC2CCCN2CCN)c(NCCc2cccc(F)c2)n1. The number of carbonyl (C=O) groups excluding carboxylic acids is 1. The molecule has 4 N–H and O–H groups in total. The van der Waals surface area contributed by atoms with Crippen molar-refractivity contribution < 1.29 is 9.18 Å². The number of pyridine rings is 1. The van der Waals surface area contributed by atoms with Crippen LogP contribution in [0.15, 0.2) is 60.7 Å². The van der Waals surface area contributed by atoms with E-state index >= 15 is 0 Å². The van der Waals surface area contributed by atoms with Crippen LogP contribution in [0.3, 0.4) is 0 Å². The largest absolute Gasteiger partial charge is 0.369 e. The molecule has 2 aromatic carbocycles. The van der Waals surface area contributed by atoms with Gasteiger partial charge in [0.25, 0.3) is 5.91 Å². The highest BCUT2D eigenvalue weighted by molar-refractivity contribution is 5.99. The summed E-state index contributed by atoms with van der Waals surface area (Å²) in [5, 5.41) is 15.8. The van der Waals surface area contributed by atoms with E-state index in [-0.39, 0.29) is 17.8 Å². The molecule has 1 unspecified atom stereocenters. The average Bonchev–Trinajstić information content (AvgIpc) is 3.34. The fourth-order valence-electron chi connectivity index (χ4n) is 4.64. The third-order valence-corrected chi connectivity index (χ3v) is 6.47. The van der Waals surface area contributed by atoms with Crippen molar-refractivity contribution in [1.29, 1.82) is 5.26 Å². The Kier molecular flexibility index (Phi) is 8.61. The number of amides is 1. The number of likely N-dealkylation sites (tertiary alicyclic amines) is 1. The minimum Gasteiger partial charge on any atom is -0.369 e. The number of aromatic nitrogens is 1. The number of anilines is 1. The van der Waals surface area contributed by atoms with E-state index in [0.717, 1.165) is 31.5 Å². The lowest BCUT2D eigenvalue weighted by molar-refractivity contribution is 0.0941. The number of rotatable bonds is 10. The van der Waals surface area contributed by atoms with Crippen molar-refractivity contribution in [2.45, 2.75) is 25.3 Å². The van der Waals surface area contributed by atoms with Crippen molar-refractivity contribution in [2.75, 3.05) is 38.0 Å². The first-order valence-corrected chi connectivity index (χ1v) is 12.3. The van der Waals surface area contributed by atoms with Crippen LogP contribution in [0.5, 0.6) is 0 Å². The van der Waals surface area contributed by atoms with Crippen molar-refractivity contribution in [1.82, 2.24) is 15.2 Å². The number of benzene rings is 2. The maximum atomic E-state index is 13.6. The molecule has 0 aliphatic carbocycles. The Labute approximate surface area is 211 Å². The molecule has 1 aliphatic heterocycles. The monoisotopic (exact) mass is 486 g/mol. The van der Waals surface area contributed by atoms with Crippen LogP contribution < -0.4 is 16.4 Å². The Morgan fingerprint density at radius 3 is 2.86 bits per heavy atom. The summed E-state index contributed by atoms with van der Waals surface area (Å²) in [7, 11) is 0. The third kappa shape index (κ3) is 6.25. The van der Waals surface area contributed by atoms with Crippen LogP contribution in [0, 0.1) is 17.1 Å². The van der Waals surface area contributed by atoms with Crippen LogP contribution in [-0.4, -0.2) is 54.6 Å². The van der Waals surface area contributed by atoms with Gasteiger partial charge in [-0.05, 0) is 61.7 Å². The minimum absolute atomic E-state index is 0.213. The molecule has 7 nitrogen and oxygen atoms in total. The maximum Gasteiger partial charge on any atom is 0.255 e. The lowest BCUT2D eigenvalue weighted by Gasteiger charge is -2.24. The van der Waals surface area contributed by atoms with E-state index in [1.54, 1.807) is 30.3 Å². The van der Waals surface area contributed by atoms with Crippen LogP contribution >= 0.6 is 0 Å². The van der Waals surface area contributed by atoms with Gasteiger partial charge < -0.3 is 16.4 Å². The van der Waals surface area contributed by atoms with Gasteiger partial charge in [-0.15, -0.1) is 0 Å². The van der Waals surface area contributed by atoms with E-state index in [4.69, 9.17) is 10.7 Å². The molecule has 1 saturated heterocycles. The maximum absolute atomic E-state index is 13.6. The minimum atomic E-state index is -0.281. The topological polar surface area (TPSA) is 107 Å². The highest BCUT2D eigenvalue weighted by Gasteiger charge is 2.25. The number of nitriles is 1. The third-order valence-electron chi connectivity index (χ3n) is 6.47. The van der Waals surface area contributed by atoms with E-state index in [1.165, 1.54) is 12.1 Å². The molecule has 0 bridgehead atoms. The van der Waals surface area contributed by atoms with Gasteiger partial charge in [-0.2, -0.15) is 5.26 Å². The molecular weight excluding hydrogens is 455 g/mol. The average molecular weight is 487 g/mol. The highest BCUT2D eigenvalue weighted by Crippen LogP contribution is 2.25. The molecule has 1 aliphatic rings. The quantitative estimate of drug-likeness (QED) is 0.405. The summed E-state index contributed by atoms with van der Waals surface area (Å²) in [6, 6.07) is 19.7. The second-order valence-electron chi connectivity index (χ2n) is 8.89. The summed E-state index contributed by atoms with van der Waals surface area (Å²) in [5.41, 5.74) is 8.81. The molecule has 2 heterocycles. The summed E-state index contributed by atoms with van der Waals surface area (Å²) < 4.78 is 13.6. The van der Waals surface area contributed by atoms with Crippen LogP contribution in [0.1, 0.15) is 34.3 Å². The summed E-state index contributed by atoms with van der Waals surface area (Å²) in [6.45, 7) is 3.42. The van der Waals surface area contributed by atoms with Gasteiger partial charge in [-0.1, -0.05) is 30.3 Å². The number of halogens is 1. The predicted octanol–water partition coefficient (Wildman–Crippen LogP) is 3.57. The Bertz CT molecular complexity index is 1240. The molecule has 4 rings (SSSR count). The number of nitrogens with one attached hydrogen (secondary N) is 2. The van der Waals surface area contributed by atoms with E-state index in [1.807, 2.05) is 18.2 Å². The molecule has 0 saturated carbocycles. The van der Waals surface area contributed by atoms with Gasteiger partial charge in [-0.3, -0.25) is 9.69 Å². The van der Waals surface area contributed by atoms with Gasteiger partial charge in [0.1, 0.15) is 11.6 Å². The van der Waals surface area contributed by atoms with Gasteiger partial charge >= 0.3 is 0 Å². The fraction of sp³-hybridized carbons (Fsp3) is 0.321. The summed E-state index contributed by atoms with van der Waals surface area (Å²) in [6.07, 6.45) is 2.69. The molecule has 8 heteroatoms. The van der Waals surface area contributed by atoms with Crippen molar-refractivity contribution in [3.8, 4) is 17.3 Å². The normalized spacial score (nSPS) is 15.4. The fourth-order valence-corrected chi connectivity index (χ4v) is 4.64. The molecule has 1 amide bonds. The highest BCUT2D eigenvalue weighted by atomic mass is 19.1. The van der Waals surface area contributed by atoms with Crippen molar-refractivity contribution in [3.63, 3.8) is 0 Å². The van der Waals surface area contributed by atoms with E-state index in [2.05, 4.69) is 21.6 Å². The smallest absolute Gasteiger partial charge is 0.255 e. The molecule has 1 atom stereocenters. The van der Waals surface area contributed by atoms with Crippen LogP contribution in [0.2, 0.25) is 0 Å². The van der Waals surface area contributed by atoms with Crippen molar-refractivity contribution in [3.05, 3.63) is 83.2 Å². The molecule has 186 valence electrons. The number of carbonyl (C=O) groups is 1. The molecule has 1 fully saturated rings. The summed E-state index contributed by atoms with van der Waals surface area (Å²) in [5.74, 6) is -0.0637. The Morgan fingerprint density at radius 1 is 1.19 bits per heavy atom. The second-order valence-corrected chi connectivity index (χ2v) is 8.89. The Morgan fingerprint density at radius 2 is 2.06 bits per heavy atom. The lowest BCUT2D eigenvalue weighted by Crippen LogP contribution is -2.42. The number of nitrogens with zero attached hydrogens (tertiary/aromatic N) is 3. The molecular formula is C28H31FN6O. The zero-order valence-electron chi connectivity index (χ0n) is 20.2.